The highest BCUT2D eigenvalue weighted by molar-refractivity contribution is 7.91. The van der Waals surface area contributed by atoms with Crippen molar-refractivity contribution in [2.45, 2.75) is 24.8 Å². The van der Waals surface area contributed by atoms with E-state index in [4.69, 9.17) is 0 Å². The van der Waals surface area contributed by atoms with E-state index in [1.54, 1.807) is 11.0 Å². The van der Waals surface area contributed by atoms with Crippen molar-refractivity contribution in [3.05, 3.63) is 35.6 Å². The van der Waals surface area contributed by atoms with Gasteiger partial charge in [0.2, 0.25) is 5.91 Å². The molecule has 2 aliphatic heterocycles. The highest BCUT2D eigenvalue weighted by Gasteiger charge is 2.35. The number of carbonyl (C=O) groups is 1. The Bertz CT molecular complexity index is 707. The molecule has 1 aromatic carbocycles. The minimum absolute atomic E-state index is 0.00101. The SMILES string of the molecule is CN(CN1C[C@@H](c2cccc(F)c2)CC1=O)[C@@H]1CCS(=O)(=O)C1. The fourth-order valence-electron chi connectivity index (χ4n) is 3.40. The Labute approximate surface area is 136 Å². The molecule has 0 saturated carbocycles. The van der Waals surface area contributed by atoms with E-state index in [2.05, 4.69) is 0 Å². The predicted molar refractivity (Wildman–Crippen MR) is 85.2 cm³/mol. The first-order valence-electron chi connectivity index (χ1n) is 7.78. The zero-order valence-electron chi connectivity index (χ0n) is 13.1. The predicted octanol–water partition coefficient (Wildman–Crippen LogP) is 1.22. The lowest BCUT2D eigenvalue weighted by atomic mass is 9.98. The molecular formula is C16H21FN2O3S. The first-order valence-corrected chi connectivity index (χ1v) is 9.60. The molecule has 0 aromatic heterocycles. The summed E-state index contributed by atoms with van der Waals surface area (Å²) in [6.07, 6.45) is 0.994. The average Bonchev–Trinajstić information content (AvgIpc) is 3.02. The van der Waals surface area contributed by atoms with Crippen LogP contribution in [0.25, 0.3) is 0 Å². The average molecular weight is 340 g/mol. The van der Waals surface area contributed by atoms with Gasteiger partial charge in [-0.05, 0) is 31.2 Å². The number of hydrogen-bond acceptors (Lipinski definition) is 4. The second-order valence-corrected chi connectivity index (χ2v) is 8.76. The molecule has 126 valence electrons. The highest BCUT2D eigenvalue weighted by Crippen LogP contribution is 2.29. The quantitative estimate of drug-likeness (QED) is 0.827. The molecule has 3 rings (SSSR count). The normalized spacial score (nSPS) is 27.1. The molecule has 1 aromatic rings. The van der Waals surface area contributed by atoms with Crippen LogP contribution in [0.4, 0.5) is 4.39 Å². The van der Waals surface area contributed by atoms with Crippen LogP contribution in [0.15, 0.2) is 24.3 Å². The maximum atomic E-state index is 13.3. The van der Waals surface area contributed by atoms with E-state index in [0.717, 1.165) is 5.56 Å². The van der Waals surface area contributed by atoms with E-state index in [1.165, 1.54) is 12.1 Å². The van der Waals surface area contributed by atoms with Gasteiger partial charge in [0.1, 0.15) is 5.82 Å². The van der Waals surface area contributed by atoms with E-state index < -0.39 is 9.84 Å². The number of sulfone groups is 1. The number of amides is 1. The van der Waals surface area contributed by atoms with Crippen LogP contribution in [0.5, 0.6) is 0 Å². The van der Waals surface area contributed by atoms with Crippen molar-refractivity contribution >= 4 is 15.7 Å². The summed E-state index contributed by atoms with van der Waals surface area (Å²) in [6, 6.07) is 6.35. The van der Waals surface area contributed by atoms with E-state index in [0.29, 0.717) is 26.1 Å². The van der Waals surface area contributed by atoms with Gasteiger partial charge in [-0.1, -0.05) is 12.1 Å². The number of likely N-dealkylation sites (tertiary alicyclic amines) is 1. The third kappa shape index (κ3) is 3.72. The van der Waals surface area contributed by atoms with Crippen molar-refractivity contribution < 1.29 is 17.6 Å². The van der Waals surface area contributed by atoms with E-state index >= 15 is 0 Å². The number of rotatable bonds is 4. The van der Waals surface area contributed by atoms with Crippen LogP contribution in [-0.4, -0.2) is 61.9 Å². The van der Waals surface area contributed by atoms with Crippen LogP contribution in [0.2, 0.25) is 0 Å². The Kier molecular flexibility index (Phi) is 4.42. The Morgan fingerprint density at radius 2 is 2.17 bits per heavy atom. The Morgan fingerprint density at radius 1 is 1.39 bits per heavy atom. The summed E-state index contributed by atoms with van der Waals surface area (Å²) < 4.78 is 36.5. The second-order valence-electron chi connectivity index (χ2n) is 6.53. The zero-order chi connectivity index (χ0) is 16.6. The minimum Gasteiger partial charge on any atom is -0.329 e. The summed E-state index contributed by atoms with van der Waals surface area (Å²) in [5.41, 5.74) is 0.840. The summed E-state index contributed by atoms with van der Waals surface area (Å²) in [6.45, 7) is 0.969. The van der Waals surface area contributed by atoms with Gasteiger partial charge in [-0.2, -0.15) is 0 Å². The molecule has 0 aliphatic carbocycles. The molecular weight excluding hydrogens is 319 g/mol. The lowest BCUT2D eigenvalue weighted by Gasteiger charge is -2.28. The maximum Gasteiger partial charge on any atom is 0.224 e. The minimum atomic E-state index is -2.93. The molecule has 2 fully saturated rings. The fraction of sp³-hybridized carbons (Fsp3) is 0.562. The molecule has 2 heterocycles. The molecule has 0 N–H and O–H groups in total. The van der Waals surface area contributed by atoms with Gasteiger partial charge in [0.15, 0.2) is 9.84 Å². The van der Waals surface area contributed by atoms with E-state index in [1.807, 2.05) is 18.0 Å². The maximum absolute atomic E-state index is 13.3. The zero-order valence-corrected chi connectivity index (χ0v) is 13.9. The molecule has 7 heteroatoms. The summed E-state index contributed by atoms with van der Waals surface area (Å²) in [4.78, 5) is 15.9. The number of nitrogens with zero attached hydrogens (tertiary/aromatic N) is 2. The molecule has 0 radical (unpaired) electrons. The van der Waals surface area contributed by atoms with Crippen LogP contribution in [-0.2, 0) is 14.6 Å². The number of halogens is 1. The van der Waals surface area contributed by atoms with Gasteiger partial charge in [-0.15, -0.1) is 0 Å². The second kappa shape index (κ2) is 6.20. The van der Waals surface area contributed by atoms with Gasteiger partial charge in [0, 0.05) is 24.9 Å². The Morgan fingerprint density at radius 3 is 2.83 bits per heavy atom. The first-order chi connectivity index (χ1) is 10.8. The van der Waals surface area contributed by atoms with Gasteiger partial charge < -0.3 is 4.90 Å². The Balaban J connectivity index is 1.62. The fourth-order valence-corrected chi connectivity index (χ4v) is 5.21. The monoisotopic (exact) mass is 340 g/mol. The van der Waals surface area contributed by atoms with Gasteiger partial charge in [-0.3, -0.25) is 9.69 Å². The largest absolute Gasteiger partial charge is 0.329 e. The number of hydrogen-bond donors (Lipinski definition) is 0. The molecule has 5 nitrogen and oxygen atoms in total. The molecule has 2 atom stereocenters. The molecule has 0 bridgehead atoms. The van der Waals surface area contributed by atoms with Crippen LogP contribution < -0.4 is 0 Å². The summed E-state index contributed by atoms with van der Waals surface area (Å²) in [7, 11) is -1.08. The van der Waals surface area contributed by atoms with Gasteiger partial charge in [0.05, 0.1) is 18.2 Å². The third-order valence-corrected chi connectivity index (χ3v) is 6.51. The summed E-state index contributed by atoms with van der Waals surface area (Å²) in [5, 5.41) is 0. The van der Waals surface area contributed by atoms with Crippen LogP contribution >= 0.6 is 0 Å². The Hall–Kier alpha value is -1.47. The van der Waals surface area contributed by atoms with Crippen molar-refractivity contribution in [2.24, 2.45) is 0 Å². The van der Waals surface area contributed by atoms with Crippen molar-refractivity contribution in [3.63, 3.8) is 0 Å². The molecule has 1 amide bonds. The molecule has 2 aliphatic rings. The van der Waals surface area contributed by atoms with Gasteiger partial charge >= 0.3 is 0 Å². The highest BCUT2D eigenvalue weighted by atomic mass is 32.2. The first kappa shape index (κ1) is 16.4. The standard InChI is InChI=1S/C16H21FN2O3S/c1-18(15-5-6-23(21,22)10-15)11-19-9-13(8-16(19)20)12-3-2-4-14(17)7-12/h2-4,7,13,15H,5-6,8-11H2,1H3/t13-,15+/m0/s1. The van der Waals surface area contributed by atoms with Crippen molar-refractivity contribution in [1.82, 2.24) is 9.80 Å². The van der Waals surface area contributed by atoms with Crippen molar-refractivity contribution in [1.29, 1.82) is 0 Å². The number of benzene rings is 1. The van der Waals surface area contributed by atoms with E-state index in [-0.39, 0.29) is 35.2 Å². The van der Waals surface area contributed by atoms with Crippen molar-refractivity contribution in [3.8, 4) is 0 Å². The third-order valence-electron chi connectivity index (χ3n) is 4.76. The molecule has 23 heavy (non-hydrogen) atoms. The van der Waals surface area contributed by atoms with Gasteiger partial charge in [0.25, 0.3) is 0 Å². The lowest BCUT2D eigenvalue weighted by molar-refractivity contribution is -0.129. The van der Waals surface area contributed by atoms with Crippen LogP contribution in [0.3, 0.4) is 0 Å². The van der Waals surface area contributed by atoms with Gasteiger partial charge in [-0.25, -0.2) is 12.8 Å². The van der Waals surface area contributed by atoms with Crippen LogP contribution in [0, 0.1) is 5.82 Å². The van der Waals surface area contributed by atoms with E-state index in [9.17, 15) is 17.6 Å². The van der Waals surface area contributed by atoms with Crippen LogP contribution in [0.1, 0.15) is 24.3 Å². The molecule has 0 spiro atoms. The summed E-state index contributed by atoms with van der Waals surface area (Å²) >= 11 is 0. The summed E-state index contributed by atoms with van der Waals surface area (Å²) in [5.74, 6) is 0.133. The topological polar surface area (TPSA) is 57.7 Å². The number of carbonyl (C=O) groups excluding carboxylic acids is 1. The smallest absolute Gasteiger partial charge is 0.224 e. The lowest BCUT2D eigenvalue weighted by Crippen LogP contribution is -2.42. The molecule has 2 saturated heterocycles. The molecule has 0 unspecified atom stereocenters. The van der Waals surface area contributed by atoms with Crippen molar-refractivity contribution in [2.75, 3.05) is 31.8 Å².